The fourth-order valence-corrected chi connectivity index (χ4v) is 4.09. The Hall–Kier alpha value is -3.63. The SMILES string of the molecule is CC(C)Oc1ccc(C(C)(C)O)cc1-c1cn(C)c(=O)c2[nH]c(C(=O)NCCCCCC(=O)NO)cc12. The molecule has 2 heterocycles. The van der Waals surface area contributed by atoms with Crippen LogP contribution < -0.4 is 21.1 Å². The molecule has 0 spiro atoms. The van der Waals surface area contributed by atoms with E-state index in [1.54, 1.807) is 38.6 Å². The second-order valence-electron chi connectivity index (χ2n) is 9.97. The Labute approximate surface area is 215 Å². The zero-order chi connectivity index (χ0) is 27.3. The quantitative estimate of drug-likeness (QED) is 0.151. The molecule has 3 rings (SSSR count). The van der Waals surface area contributed by atoms with Gasteiger partial charge in [0, 0.05) is 42.7 Å². The van der Waals surface area contributed by atoms with E-state index in [0.29, 0.717) is 59.2 Å². The number of aromatic amines is 1. The molecule has 0 saturated heterocycles. The smallest absolute Gasteiger partial charge is 0.274 e. The lowest BCUT2D eigenvalue weighted by Crippen LogP contribution is -2.25. The number of nitrogens with zero attached hydrogens (tertiary/aromatic N) is 1. The second kappa shape index (κ2) is 11.6. The normalized spacial score (nSPS) is 11.7. The molecular formula is C27H36N4O6. The van der Waals surface area contributed by atoms with Crippen LogP contribution in [0.5, 0.6) is 5.75 Å². The fraction of sp³-hybridized carbons (Fsp3) is 0.444. The third-order valence-electron chi connectivity index (χ3n) is 6.04. The number of nitrogens with one attached hydrogen (secondary N) is 3. The molecule has 0 bridgehead atoms. The van der Waals surface area contributed by atoms with Gasteiger partial charge < -0.3 is 24.7 Å². The minimum atomic E-state index is -1.09. The molecule has 0 aliphatic heterocycles. The number of unbranched alkanes of at least 4 members (excludes halogenated alkanes) is 2. The molecule has 37 heavy (non-hydrogen) atoms. The number of hydrogen-bond acceptors (Lipinski definition) is 6. The minimum absolute atomic E-state index is 0.0969. The number of aliphatic hydroxyl groups is 1. The number of hydrogen-bond donors (Lipinski definition) is 5. The first kappa shape index (κ1) is 27.9. The van der Waals surface area contributed by atoms with Gasteiger partial charge in [0.1, 0.15) is 17.0 Å². The lowest BCUT2D eigenvalue weighted by molar-refractivity contribution is -0.129. The third kappa shape index (κ3) is 6.78. The first-order chi connectivity index (χ1) is 17.4. The molecule has 200 valence electrons. The number of aryl methyl sites for hydroxylation is 1. The highest BCUT2D eigenvalue weighted by molar-refractivity contribution is 6.03. The molecule has 10 nitrogen and oxygen atoms in total. The number of fused-ring (bicyclic) bond motifs is 1. The maximum Gasteiger partial charge on any atom is 0.274 e. The summed E-state index contributed by atoms with van der Waals surface area (Å²) in [6, 6.07) is 7.13. The van der Waals surface area contributed by atoms with E-state index in [4.69, 9.17) is 9.94 Å². The Kier molecular flexibility index (Phi) is 8.77. The lowest BCUT2D eigenvalue weighted by Gasteiger charge is -2.22. The molecule has 10 heteroatoms. The molecule has 3 aromatic rings. The van der Waals surface area contributed by atoms with Gasteiger partial charge in [0.05, 0.1) is 11.7 Å². The van der Waals surface area contributed by atoms with Crippen LogP contribution in [-0.2, 0) is 17.4 Å². The third-order valence-corrected chi connectivity index (χ3v) is 6.04. The predicted molar refractivity (Wildman–Crippen MR) is 141 cm³/mol. The summed E-state index contributed by atoms with van der Waals surface area (Å²) >= 11 is 0. The summed E-state index contributed by atoms with van der Waals surface area (Å²) in [7, 11) is 1.64. The molecule has 0 saturated carbocycles. The van der Waals surface area contributed by atoms with E-state index in [-0.39, 0.29) is 29.7 Å². The molecule has 0 atom stereocenters. The molecule has 0 aliphatic carbocycles. The van der Waals surface area contributed by atoms with Crippen LogP contribution in [0, 0.1) is 0 Å². The van der Waals surface area contributed by atoms with Crippen LogP contribution in [0.3, 0.4) is 0 Å². The van der Waals surface area contributed by atoms with Crippen LogP contribution in [0.2, 0.25) is 0 Å². The zero-order valence-corrected chi connectivity index (χ0v) is 22.0. The zero-order valence-electron chi connectivity index (χ0n) is 22.0. The van der Waals surface area contributed by atoms with Gasteiger partial charge in [0.15, 0.2) is 0 Å². The Morgan fingerprint density at radius 2 is 1.86 bits per heavy atom. The molecule has 0 fully saturated rings. The Balaban J connectivity index is 1.94. The van der Waals surface area contributed by atoms with Gasteiger partial charge in [0.25, 0.3) is 11.5 Å². The van der Waals surface area contributed by atoms with Crippen molar-refractivity contribution < 1.29 is 24.6 Å². The van der Waals surface area contributed by atoms with E-state index in [1.165, 1.54) is 4.57 Å². The summed E-state index contributed by atoms with van der Waals surface area (Å²) in [5, 5.41) is 22.5. The Morgan fingerprint density at radius 1 is 1.14 bits per heavy atom. The number of pyridine rings is 1. The fourth-order valence-electron chi connectivity index (χ4n) is 4.09. The average molecular weight is 513 g/mol. The molecule has 2 aromatic heterocycles. The number of rotatable bonds is 11. The maximum atomic E-state index is 12.9. The van der Waals surface area contributed by atoms with Gasteiger partial charge in [-0.2, -0.15) is 0 Å². The van der Waals surface area contributed by atoms with E-state index in [1.807, 2.05) is 32.0 Å². The van der Waals surface area contributed by atoms with Crippen LogP contribution >= 0.6 is 0 Å². The van der Waals surface area contributed by atoms with E-state index in [2.05, 4.69) is 10.3 Å². The van der Waals surface area contributed by atoms with E-state index in [9.17, 15) is 19.5 Å². The number of H-pyrrole nitrogens is 1. The highest BCUT2D eigenvalue weighted by Crippen LogP contribution is 2.37. The molecule has 2 amide bonds. The summed E-state index contributed by atoms with van der Waals surface area (Å²) in [6.07, 6.45) is 3.80. The second-order valence-corrected chi connectivity index (χ2v) is 9.97. The van der Waals surface area contributed by atoms with Crippen molar-refractivity contribution >= 4 is 22.7 Å². The van der Waals surface area contributed by atoms with Crippen LogP contribution in [0.4, 0.5) is 0 Å². The molecular weight excluding hydrogens is 476 g/mol. The van der Waals surface area contributed by atoms with Gasteiger partial charge in [-0.1, -0.05) is 12.5 Å². The highest BCUT2D eigenvalue weighted by atomic mass is 16.5. The van der Waals surface area contributed by atoms with Crippen molar-refractivity contribution in [1.29, 1.82) is 0 Å². The van der Waals surface area contributed by atoms with E-state index < -0.39 is 11.5 Å². The van der Waals surface area contributed by atoms with Gasteiger partial charge in [-0.3, -0.25) is 19.6 Å². The van der Waals surface area contributed by atoms with Gasteiger partial charge >= 0.3 is 0 Å². The summed E-state index contributed by atoms with van der Waals surface area (Å²) in [4.78, 5) is 39.8. The van der Waals surface area contributed by atoms with Crippen molar-refractivity contribution in [3.05, 3.63) is 52.1 Å². The number of carbonyl (C=O) groups is 2. The summed E-state index contributed by atoms with van der Waals surface area (Å²) in [5.41, 5.74) is 2.86. The van der Waals surface area contributed by atoms with Crippen LogP contribution in [-0.4, -0.2) is 44.3 Å². The topological polar surface area (TPSA) is 146 Å². The summed E-state index contributed by atoms with van der Waals surface area (Å²) < 4.78 is 7.50. The Bertz CT molecular complexity index is 1330. The molecule has 0 radical (unpaired) electrons. The van der Waals surface area contributed by atoms with Crippen molar-refractivity contribution in [1.82, 2.24) is 20.3 Å². The minimum Gasteiger partial charge on any atom is -0.490 e. The molecule has 0 unspecified atom stereocenters. The van der Waals surface area contributed by atoms with Crippen LogP contribution in [0.15, 0.2) is 35.3 Å². The van der Waals surface area contributed by atoms with Crippen LogP contribution in [0.1, 0.15) is 69.4 Å². The molecule has 0 aliphatic rings. The highest BCUT2D eigenvalue weighted by Gasteiger charge is 2.22. The van der Waals surface area contributed by atoms with E-state index >= 15 is 0 Å². The van der Waals surface area contributed by atoms with Crippen molar-refractivity contribution in [3.63, 3.8) is 0 Å². The largest absolute Gasteiger partial charge is 0.490 e. The number of benzene rings is 1. The predicted octanol–water partition coefficient (Wildman–Crippen LogP) is 3.34. The van der Waals surface area contributed by atoms with Gasteiger partial charge in [0.2, 0.25) is 5.91 Å². The molecule has 5 N–H and O–H groups in total. The lowest BCUT2D eigenvalue weighted by atomic mass is 9.93. The van der Waals surface area contributed by atoms with Crippen molar-refractivity contribution in [2.75, 3.05) is 6.54 Å². The van der Waals surface area contributed by atoms with Crippen molar-refractivity contribution in [2.24, 2.45) is 7.05 Å². The number of ether oxygens (including phenoxy) is 1. The monoisotopic (exact) mass is 512 g/mol. The van der Waals surface area contributed by atoms with Crippen LogP contribution in [0.25, 0.3) is 22.0 Å². The number of carbonyl (C=O) groups excluding carboxylic acids is 2. The average Bonchev–Trinajstić information content (AvgIpc) is 3.28. The van der Waals surface area contributed by atoms with E-state index in [0.717, 1.165) is 0 Å². The van der Waals surface area contributed by atoms with Gasteiger partial charge in [-0.25, -0.2) is 5.48 Å². The number of hydroxylamine groups is 1. The Morgan fingerprint density at radius 3 is 2.51 bits per heavy atom. The van der Waals surface area contributed by atoms with Crippen molar-refractivity contribution in [3.8, 4) is 16.9 Å². The maximum absolute atomic E-state index is 12.9. The number of amides is 2. The first-order valence-corrected chi connectivity index (χ1v) is 12.4. The first-order valence-electron chi connectivity index (χ1n) is 12.4. The summed E-state index contributed by atoms with van der Waals surface area (Å²) in [5.74, 6) is -0.180. The van der Waals surface area contributed by atoms with Crippen molar-refractivity contribution in [2.45, 2.75) is 65.1 Å². The van der Waals surface area contributed by atoms with Gasteiger partial charge in [-0.15, -0.1) is 0 Å². The van der Waals surface area contributed by atoms with Gasteiger partial charge in [-0.05, 0) is 64.3 Å². The standard InChI is InChI=1S/C27H36N4O6/c1-16(2)37-22-11-10-17(27(3,4)35)13-18(22)20-15-31(5)26(34)24-19(20)14-21(29-24)25(33)28-12-8-6-7-9-23(32)30-36/h10-11,13-16,29,35-36H,6-9,12H2,1-5H3,(H,28,33)(H,30,32). The summed E-state index contributed by atoms with van der Waals surface area (Å²) in [6.45, 7) is 7.64. The number of aromatic nitrogens is 2. The molecule has 1 aromatic carbocycles.